The summed E-state index contributed by atoms with van der Waals surface area (Å²) in [4.78, 5) is 17.0. The van der Waals surface area contributed by atoms with Crippen molar-refractivity contribution in [1.82, 2.24) is 10.3 Å². The van der Waals surface area contributed by atoms with Gasteiger partial charge in [0.15, 0.2) is 11.6 Å². The fraction of sp³-hybridized carbons (Fsp3) is 0.789. The number of nitrogens with zero attached hydrogens (tertiary/aromatic N) is 1. The van der Waals surface area contributed by atoms with Gasteiger partial charge >= 0.3 is 0 Å². The van der Waals surface area contributed by atoms with Crippen molar-refractivity contribution in [3.8, 4) is 0 Å². The van der Waals surface area contributed by atoms with Gasteiger partial charge in [0.2, 0.25) is 0 Å². The van der Waals surface area contributed by atoms with E-state index in [1.54, 1.807) is 0 Å². The molecule has 3 unspecified atom stereocenters. The van der Waals surface area contributed by atoms with Crippen molar-refractivity contribution in [2.45, 2.75) is 69.7 Å². The first-order chi connectivity index (χ1) is 11.8. The molecule has 1 amide bonds. The van der Waals surface area contributed by atoms with Crippen LogP contribution in [0, 0.1) is 11.8 Å². The number of amides is 1. The molecule has 0 aromatic carbocycles. The lowest BCUT2D eigenvalue weighted by Gasteiger charge is -2.39. The van der Waals surface area contributed by atoms with E-state index in [2.05, 4.69) is 10.3 Å². The highest BCUT2D eigenvalue weighted by molar-refractivity contribution is 5.92. The van der Waals surface area contributed by atoms with Crippen LogP contribution in [0.3, 0.4) is 0 Å². The van der Waals surface area contributed by atoms with Gasteiger partial charge in [-0.1, -0.05) is 25.7 Å². The van der Waals surface area contributed by atoms with E-state index < -0.39 is 0 Å². The zero-order valence-electron chi connectivity index (χ0n) is 14.3. The maximum atomic E-state index is 12.5. The molecule has 2 saturated carbocycles. The second kappa shape index (κ2) is 7.26. The van der Waals surface area contributed by atoms with Gasteiger partial charge in [0, 0.05) is 25.2 Å². The van der Waals surface area contributed by atoms with E-state index in [1.165, 1.54) is 38.4 Å². The van der Waals surface area contributed by atoms with Gasteiger partial charge in [-0.05, 0) is 43.9 Å². The van der Waals surface area contributed by atoms with Gasteiger partial charge in [-0.15, -0.1) is 0 Å². The summed E-state index contributed by atoms with van der Waals surface area (Å²) in [6.45, 7) is 1.50. The first kappa shape index (κ1) is 16.1. The molecule has 2 aliphatic carbocycles. The lowest BCUT2D eigenvalue weighted by Crippen LogP contribution is -2.41. The van der Waals surface area contributed by atoms with Crippen LogP contribution in [0.4, 0.5) is 0 Å². The van der Waals surface area contributed by atoms with Gasteiger partial charge in [-0.25, -0.2) is 4.98 Å². The van der Waals surface area contributed by atoms with Crippen LogP contribution in [0.5, 0.6) is 0 Å². The minimum atomic E-state index is -0.0729. The summed E-state index contributed by atoms with van der Waals surface area (Å²) in [6.07, 6.45) is 12.4. The summed E-state index contributed by atoms with van der Waals surface area (Å²) < 4.78 is 10.9. The van der Waals surface area contributed by atoms with Gasteiger partial charge in [-0.2, -0.15) is 0 Å². The van der Waals surface area contributed by atoms with Crippen molar-refractivity contribution in [3.05, 3.63) is 17.8 Å². The highest BCUT2D eigenvalue weighted by atomic mass is 16.5. The Bertz CT molecular complexity index is 565. The lowest BCUT2D eigenvalue weighted by atomic mass is 9.69. The lowest BCUT2D eigenvalue weighted by molar-refractivity contribution is 0.0794. The Morgan fingerprint density at radius 3 is 2.67 bits per heavy atom. The number of nitrogens with one attached hydrogen (secondary N) is 1. The third kappa shape index (κ3) is 3.51. The summed E-state index contributed by atoms with van der Waals surface area (Å²) in [6, 6.07) is 0.306. The van der Waals surface area contributed by atoms with Crippen molar-refractivity contribution in [3.63, 3.8) is 0 Å². The van der Waals surface area contributed by atoms with Crippen molar-refractivity contribution in [2.75, 3.05) is 13.2 Å². The Kier molecular flexibility index (Phi) is 4.88. The molecule has 3 atom stereocenters. The molecule has 1 aliphatic heterocycles. The highest BCUT2D eigenvalue weighted by Gasteiger charge is 2.33. The van der Waals surface area contributed by atoms with Crippen molar-refractivity contribution < 1.29 is 13.9 Å². The fourth-order valence-corrected chi connectivity index (χ4v) is 4.79. The van der Waals surface area contributed by atoms with Crippen LogP contribution in [0.25, 0.3) is 0 Å². The standard InChI is InChI=1S/C19H28N2O3/c22-18(17-12-24-19(21-17)14-7-9-23-10-8-14)20-16-6-5-13-3-1-2-4-15(13)11-16/h12-16H,1-11H2,(H,20,22). The number of oxazole rings is 1. The molecule has 132 valence electrons. The molecule has 4 rings (SSSR count). The molecule has 1 aromatic heterocycles. The number of aromatic nitrogens is 1. The van der Waals surface area contributed by atoms with E-state index in [4.69, 9.17) is 9.15 Å². The summed E-state index contributed by atoms with van der Waals surface area (Å²) in [5, 5.41) is 3.20. The molecule has 5 nitrogen and oxygen atoms in total. The average molecular weight is 332 g/mol. The normalized spacial score (nSPS) is 31.4. The molecule has 1 saturated heterocycles. The summed E-state index contributed by atoms with van der Waals surface area (Å²) in [5.74, 6) is 2.63. The third-order valence-electron chi connectivity index (χ3n) is 6.20. The van der Waals surface area contributed by atoms with Gasteiger partial charge in [-0.3, -0.25) is 4.79 Å². The minimum Gasteiger partial charge on any atom is -0.448 e. The van der Waals surface area contributed by atoms with Crippen LogP contribution >= 0.6 is 0 Å². The monoisotopic (exact) mass is 332 g/mol. The molecule has 3 fully saturated rings. The quantitative estimate of drug-likeness (QED) is 0.917. The molecule has 5 heteroatoms. The van der Waals surface area contributed by atoms with Crippen LogP contribution in [-0.2, 0) is 4.74 Å². The number of ether oxygens (including phenoxy) is 1. The summed E-state index contributed by atoms with van der Waals surface area (Å²) in [5.41, 5.74) is 0.433. The summed E-state index contributed by atoms with van der Waals surface area (Å²) >= 11 is 0. The predicted octanol–water partition coefficient (Wildman–Crippen LogP) is 3.66. The molecule has 0 radical (unpaired) electrons. The van der Waals surface area contributed by atoms with Crippen LogP contribution < -0.4 is 5.32 Å². The Balaban J connectivity index is 1.33. The predicted molar refractivity (Wildman–Crippen MR) is 89.9 cm³/mol. The highest BCUT2D eigenvalue weighted by Crippen LogP contribution is 2.40. The number of carbonyl (C=O) groups is 1. The molecule has 0 bridgehead atoms. The van der Waals surface area contributed by atoms with Gasteiger partial charge in [0.1, 0.15) is 6.26 Å². The van der Waals surface area contributed by atoms with Crippen LogP contribution in [0.1, 0.15) is 80.1 Å². The SMILES string of the molecule is O=C(NC1CCC2CCCCC2C1)c1coc(C2CCOCC2)n1. The molecule has 1 N–H and O–H groups in total. The first-order valence-electron chi connectivity index (χ1n) is 9.63. The number of fused-ring (bicyclic) bond motifs is 1. The van der Waals surface area contributed by atoms with E-state index in [0.717, 1.165) is 50.7 Å². The largest absolute Gasteiger partial charge is 0.448 e. The number of hydrogen-bond acceptors (Lipinski definition) is 4. The zero-order chi connectivity index (χ0) is 16.4. The van der Waals surface area contributed by atoms with Crippen molar-refractivity contribution >= 4 is 5.91 Å². The molecule has 1 aromatic rings. The molecular formula is C19H28N2O3. The van der Waals surface area contributed by atoms with Crippen molar-refractivity contribution in [2.24, 2.45) is 11.8 Å². The topological polar surface area (TPSA) is 64.4 Å². The minimum absolute atomic E-state index is 0.0729. The van der Waals surface area contributed by atoms with E-state index in [-0.39, 0.29) is 11.8 Å². The molecular weight excluding hydrogens is 304 g/mol. The van der Waals surface area contributed by atoms with Crippen molar-refractivity contribution in [1.29, 1.82) is 0 Å². The molecule has 2 heterocycles. The number of hydrogen-bond donors (Lipinski definition) is 1. The maximum Gasteiger partial charge on any atom is 0.273 e. The fourth-order valence-electron chi connectivity index (χ4n) is 4.79. The Morgan fingerprint density at radius 2 is 1.83 bits per heavy atom. The van der Waals surface area contributed by atoms with Crippen LogP contribution in [0.15, 0.2) is 10.7 Å². The second-order valence-electron chi connectivity index (χ2n) is 7.75. The Morgan fingerprint density at radius 1 is 1.04 bits per heavy atom. The molecule has 0 spiro atoms. The van der Waals surface area contributed by atoms with Crippen LogP contribution in [0.2, 0.25) is 0 Å². The van der Waals surface area contributed by atoms with Gasteiger partial charge in [0.05, 0.1) is 0 Å². The summed E-state index contributed by atoms with van der Waals surface area (Å²) in [7, 11) is 0. The van der Waals surface area contributed by atoms with E-state index >= 15 is 0 Å². The number of carbonyl (C=O) groups excluding carboxylic acids is 1. The smallest absolute Gasteiger partial charge is 0.273 e. The Hall–Kier alpha value is -1.36. The molecule has 24 heavy (non-hydrogen) atoms. The van der Waals surface area contributed by atoms with E-state index in [1.807, 2.05) is 0 Å². The molecule has 3 aliphatic rings. The van der Waals surface area contributed by atoms with E-state index in [9.17, 15) is 4.79 Å². The van der Waals surface area contributed by atoms with Crippen LogP contribution in [-0.4, -0.2) is 30.1 Å². The zero-order valence-corrected chi connectivity index (χ0v) is 14.3. The maximum absolute atomic E-state index is 12.5. The van der Waals surface area contributed by atoms with E-state index in [0.29, 0.717) is 17.6 Å². The van der Waals surface area contributed by atoms with Gasteiger partial charge < -0.3 is 14.5 Å². The number of rotatable bonds is 3. The second-order valence-corrected chi connectivity index (χ2v) is 7.75. The van der Waals surface area contributed by atoms with Gasteiger partial charge in [0.25, 0.3) is 5.91 Å². The first-order valence-corrected chi connectivity index (χ1v) is 9.63. The average Bonchev–Trinajstić information content (AvgIpc) is 3.13. The Labute approximate surface area is 143 Å². The third-order valence-corrected chi connectivity index (χ3v) is 6.20.